The summed E-state index contributed by atoms with van der Waals surface area (Å²) in [6, 6.07) is 2.12. The van der Waals surface area contributed by atoms with Crippen molar-refractivity contribution in [3.05, 3.63) is 33.8 Å². The Morgan fingerprint density at radius 1 is 1.33 bits per heavy atom. The maximum absolute atomic E-state index is 12.8. The number of hydrogen-bond acceptors (Lipinski definition) is 1. The van der Waals surface area contributed by atoms with Crippen LogP contribution in [0, 0.1) is 11.6 Å². The summed E-state index contributed by atoms with van der Waals surface area (Å²) >= 11 is 3.02. The van der Waals surface area contributed by atoms with Gasteiger partial charge in [0.05, 0.1) is 4.47 Å². The number of benzene rings is 1. The minimum absolute atomic E-state index is 0.300. The third kappa shape index (κ3) is 2.01. The number of halogens is 3. The van der Waals surface area contributed by atoms with Crippen LogP contribution < -0.4 is 5.73 Å². The molecule has 0 aliphatic rings. The summed E-state index contributed by atoms with van der Waals surface area (Å²) in [5.41, 5.74) is 5.83. The van der Waals surface area contributed by atoms with Gasteiger partial charge in [-0.25, -0.2) is 8.78 Å². The van der Waals surface area contributed by atoms with Crippen LogP contribution in [0.25, 0.3) is 0 Å². The Bertz CT molecular complexity index is 289. The third-order valence-electron chi connectivity index (χ3n) is 1.48. The monoisotopic (exact) mass is 235 g/mol. The van der Waals surface area contributed by atoms with Crippen LogP contribution in [0.3, 0.4) is 0 Å². The zero-order valence-corrected chi connectivity index (χ0v) is 7.87. The molecule has 0 radical (unpaired) electrons. The first kappa shape index (κ1) is 9.61. The number of nitrogens with two attached hydrogens (primary N) is 1. The van der Waals surface area contributed by atoms with Gasteiger partial charge in [0.15, 0.2) is 0 Å². The Kier molecular flexibility index (Phi) is 3.17. The van der Waals surface area contributed by atoms with E-state index in [-0.39, 0.29) is 0 Å². The molecule has 4 heteroatoms. The van der Waals surface area contributed by atoms with Crippen molar-refractivity contribution in [3.63, 3.8) is 0 Å². The molecule has 1 rings (SSSR count). The van der Waals surface area contributed by atoms with Crippen LogP contribution in [-0.4, -0.2) is 6.54 Å². The largest absolute Gasteiger partial charge is 0.330 e. The lowest BCUT2D eigenvalue weighted by molar-refractivity contribution is 0.574. The third-order valence-corrected chi connectivity index (χ3v) is 2.37. The van der Waals surface area contributed by atoms with Crippen LogP contribution >= 0.6 is 15.9 Å². The Morgan fingerprint density at radius 2 is 2.00 bits per heavy atom. The van der Waals surface area contributed by atoms with E-state index in [2.05, 4.69) is 15.9 Å². The predicted molar refractivity (Wildman–Crippen MR) is 46.8 cm³/mol. The molecule has 2 N–H and O–H groups in total. The highest BCUT2D eigenvalue weighted by atomic mass is 79.9. The normalized spacial score (nSPS) is 10.3. The fourth-order valence-electron chi connectivity index (χ4n) is 0.947. The predicted octanol–water partition coefficient (Wildman–Crippen LogP) is 2.23. The van der Waals surface area contributed by atoms with Crippen LogP contribution in [0.2, 0.25) is 0 Å². The van der Waals surface area contributed by atoms with Gasteiger partial charge in [-0.15, -0.1) is 0 Å². The molecular formula is C8H8BrF2N. The van der Waals surface area contributed by atoms with E-state index in [1.165, 1.54) is 6.07 Å². The lowest BCUT2D eigenvalue weighted by Gasteiger charge is -2.03. The van der Waals surface area contributed by atoms with Crippen molar-refractivity contribution < 1.29 is 8.78 Å². The second kappa shape index (κ2) is 3.96. The summed E-state index contributed by atoms with van der Waals surface area (Å²) in [7, 11) is 0. The van der Waals surface area contributed by atoms with Crippen molar-refractivity contribution in [1.29, 1.82) is 0 Å². The molecular weight excluding hydrogens is 228 g/mol. The number of rotatable bonds is 2. The van der Waals surface area contributed by atoms with Crippen LogP contribution in [0.15, 0.2) is 16.6 Å². The first-order valence-corrected chi connectivity index (χ1v) is 4.28. The topological polar surface area (TPSA) is 26.0 Å². The maximum atomic E-state index is 12.8. The van der Waals surface area contributed by atoms with Crippen molar-refractivity contribution in [1.82, 2.24) is 0 Å². The Balaban J connectivity index is 3.09. The second-order valence-electron chi connectivity index (χ2n) is 2.40. The molecule has 0 saturated heterocycles. The van der Waals surface area contributed by atoms with Crippen molar-refractivity contribution in [3.8, 4) is 0 Å². The van der Waals surface area contributed by atoms with Gasteiger partial charge in [-0.3, -0.25) is 0 Å². The Morgan fingerprint density at radius 3 is 2.58 bits per heavy atom. The van der Waals surface area contributed by atoms with Gasteiger partial charge < -0.3 is 5.73 Å². The molecule has 1 aromatic carbocycles. The molecule has 0 atom stereocenters. The zero-order valence-electron chi connectivity index (χ0n) is 6.28. The van der Waals surface area contributed by atoms with Crippen molar-refractivity contribution in [2.75, 3.05) is 6.54 Å². The summed E-state index contributed by atoms with van der Waals surface area (Å²) in [5.74, 6) is -1.15. The number of hydrogen-bond donors (Lipinski definition) is 1. The summed E-state index contributed by atoms with van der Waals surface area (Å²) < 4.78 is 25.8. The molecule has 0 amide bonds. The standard InChI is InChI=1S/C8H8BrF2N/c9-8-5(1-2-12)3-6(10)4-7(8)11/h3-4H,1-2,12H2. The summed E-state index contributed by atoms with van der Waals surface area (Å²) in [6.45, 7) is 0.376. The molecule has 0 bridgehead atoms. The second-order valence-corrected chi connectivity index (χ2v) is 3.19. The van der Waals surface area contributed by atoms with Crippen molar-refractivity contribution >= 4 is 15.9 Å². The van der Waals surface area contributed by atoms with Crippen LogP contribution in [0.5, 0.6) is 0 Å². The quantitative estimate of drug-likeness (QED) is 0.783. The molecule has 12 heavy (non-hydrogen) atoms. The minimum Gasteiger partial charge on any atom is -0.330 e. The van der Waals surface area contributed by atoms with Gasteiger partial charge in [-0.1, -0.05) is 0 Å². The van der Waals surface area contributed by atoms with Gasteiger partial charge in [-0.05, 0) is 40.5 Å². The SMILES string of the molecule is NCCc1cc(F)cc(F)c1Br. The molecule has 1 nitrogen and oxygen atoms in total. The van der Waals surface area contributed by atoms with E-state index in [1.54, 1.807) is 0 Å². The van der Waals surface area contributed by atoms with Gasteiger partial charge in [0.2, 0.25) is 0 Å². The molecule has 0 aliphatic carbocycles. The molecule has 0 unspecified atom stereocenters. The molecule has 0 fully saturated rings. The van der Waals surface area contributed by atoms with E-state index in [4.69, 9.17) is 5.73 Å². The molecule has 0 saturated carbocycles. The maximum Gasteiger partial charge on any atom is 0.140 e. The molecule has 0 aliphatic heterocycles. The van der Waals surface area contributed by atoms with E-state index >= 15 is 0 Å². The van der Waals surface area contributed by atoms with Gasteiger partial charge in [0, 0.05) is 6.07 Å². The van der Waals surface area contributed by atoms with Crippen LogP contribution in [-0.2, 0) is 6.42 Å². The van der Waals surface area contributed by atoms with Gasteiger partial charge in [0.1, 0.15) is 11.6 Å². The minimum atomic E-state index is -0.585. The van der Waals surface area contributed by atoms with Crippen molar-refractivity contribution in [2.45, 2.75) is 6.42 Å². The highest BCUT2D eigenvalue weighted by Crippen LogP contribution is 2.22. The molecule has 66 valence electrons. The summed E-state index contributed by atoms with van der Waals surface area (Å²) in [4.78, 5) is 0. The lowest BCUT2D eigenvalue weighted by Crippen LogP contribution is -2.04. The first-order chi connectivity index (χ1) is 5.65. The smallest absolute Gasteiger partial charge is 0.140 e. The summed E-state index contributed by atoms with van der Waals surface area (Å²) in [6.07, 6.45) is 0.468. The molecule has 0 spiro atoms. The van der Waals surface area contributed by atoms with Gasteiger partial charge in [-0.2, -0.15) is 0 Å². The molecule has 1 aromatic rings. The fraction of sp³-hybridized carbons (Fsp3) is 0.250. The van der Waals surface area contributed by atoms with E-state index in [0.717, 1.165) is 6.07 Å². The van der Waals surface area contributed by atoms with Crippen molar-refractivity contribution in [2.24, 2.45) is 5.73 Å². The van der Waals surface area contributed by atoms with E-state index in [9.17, 15) is 8.78 Å². The molecule has 0 heterocycles. The Labute approximate surface area is 77.7 Å². The lowest BCUT2D eigenvalue weighted by atomic mass is 10.1. The van der Waals surface area contributed by atoms with Crippen LogP contribution in [0.1, 0.15) is 5.56 Å². The fourth-order valence-corrected chi connectivity index (χ4v) is 1.37. The zero-order chi connectivity index (χ0) is 9.14. The average Bonchev–Trinajstić information content (AvgIpc) is 2.00. The van der Waals surface area contributed by atoms with E-state index < -0.39 is 11.6 Å². The van der Waals surface area contributed by atoms with Gasteiger partial charge >= 0.3 is 0 Å². The highest BCUT2D eigenvalue weighted by Gasteiger charge is 2.07. The average molecular weight is 236 g/mol. The highest BCUT2D eigenvalue weighted by molar-refractivity contribution is 9.10. The first-order valence-electron chi connectivity index (χ1n) is 3.48. The van der Waals surface area contributed by atoms with E-state index in [0.29, 0.717) is 23.0 Å². The van der Waals surface area contributed by atoms with Crippen LogP contribution in [0.4, 0.5) is 8.78 Å². The molecule has 0 aromatic heterocycles. The Hall–Kier alpha value is -0.480. The summed E-state index contributed by atoms with van der Waals surface area (Å²) in [5, 5.41) is 0. The van der Waals surface area contributed by atoms with Gasteiger partial charge in [0.25, 0.3) is 0 Å². The van der Waals surface area contributed by atoms with E-state index in [1.807, 2.05) is 0 Å².